The first-order valence-electron chi connectivity index (χ1n) is 7.59. The van der Waals surface area contributed by atoms with Gasteiger partial charge in [0.1, 0.15) is 5.78 Å². The van der Waals surface area contributed by atoms with Gasteiger partial charge in [0.15, 0.2) is 0 Å². The average molecular weight is 320 g/mol. The van der Waals surface area contributed by atoms with E-state index < -0.39 is 17.7 Å². The third-order valence-electron chi connectivity index (χ3n) is 3.78. The van der Waals surface area contributed by atoms with Crippen LogP contribution in [-0.4, -0.2) is 5.78 Å². The zero-order chi connectivity index (χ0) is 17.0. The van der Waals surface area contributed by atoms with Crippen LogP contribution in [0.5, 0.6) is 0 Å². The fourth-order valence-corrected chi connectivity index (χ4v) is 2.77. The Morgan fingerprint density at radius 3 is 2.22 bits per heavy atom. The van der Waals surface area contributed by atoms with Gasteiger partial charge in [-0.25, -0.2) is 0 Å². The molecular weight excluding hydrogens is 301 g/mol. The normalized spacial score (nSPS) is 12.9. The Labute approximate surface area is 134 Å². The molecule has 23 heavy (non-hydrogen) atoms. The summed E-state index contributed by atoms with van der Waals surface area (Å²) in [5, 5.41) is 0. The highest BCUT2D eigenvalue weighted by Gasteiger charge is 2.31. The van der Waals surface area contributed by atoms with Gasteiger partial charge in [0.2, 0.25) is 0 Å². The summed E-state index contributed by atoms with van der Waals surface area (Å²) in [6, 6.07) is 12.5. The molecule has 2 aromatic rings. The standard InChI is InChI=1S/C19H19F3O/c1-3-6-14-7-4-8-15(11-14)18(13(2)23)16-9-5-10-17(12-16)19(20,21)22/h4-5,7-12,18H,3,6H2,1-2H3. The molecule has 0 saturated heterocycles. The number of benzene rings is 2. The number of carbonyl (C=O) groups is 1. The van der Waals surface area contributed by atoms with Gasteiger partial charge in [-0.15, -0.1) is 0 Å². The zero-order valence-electron chi connectivity index (χ0n) is 13.2. The van der Waals surface area contributed by atoms with Gasteiger partial charge in [0.05, 0.1) is 11.5 Å². The van der Waals surface area contributed by atoms with Gasteiger partial charge < -0.3 is 0 Å². The predicted octanol–water partition coefficient (Wildman–Crippen LogP) is 5.38. The van der Waals surface area contributed by atoms with Crippen LogP contribution in [0.1, 0.15) is 48.4 Å². The number of ketones is 1. The van der Waals surface area contributed by atoms with Gasteiger partial charge in [0.25, 0.3) is 0 Å². The molecule has 2 aromatic carbocycles. The molecule has 0 aliphatic carbocycles. The highest BCUT2D eigenvalue weighted by atomic mass is 19.4. The minimum atomic E-state index is -4.42. The zero-order valence-corrected chi connectivity index (χ0v) is 13.2. The van der Waals surface area contributed by atoms with Gasteiger partial charge in [-0.05, 0) is 36.1 Å². The first-order chi connectivity index (χ1) is 10.8. The lowest BCUT2D eigenvalue weighted by Crippen LogP contribution is -2.13. The second-order valence-corrected chi connectivity index (χ2v) is 5.66. The number of aryl methyl sites for hydroxylation is 1. The summed E-state index contributed by atoms with van der Waals surface area (Å²) in [7, 11) is 0. The summed E-state index contributed by atoms with van der Waals surface area (Å²) >= 11 is 0. The van der Waals surface area contributed by atoms with Gasteiger partial charge in [-0.2, -0.15) is 13.2 Å². The smallest absolute Gasteiger partial charge is 0.299 e. The van der Waals surface area contributed by atoms with E-state index >= 15 is 0 Å². The summed E-state index contributed by atoms with van der Waals surface area (Å²) in [6.07, 6.45) is -2.57. The molecular formula is C19H19F3O. The van der Waals surface area contributed by atoms with Crippen molar-refractivity contribution in [3.63, 3.8) is 0 Å². The topological polar surface area (TPSA) is 17.1 Å². The van der Waals surface area contributed by atoms with E-state index in [0.717, 1.165) is 36.1 Å². The van der Waals surface area contributed by atoms with Crippen LogP contribution in [0, 0.1) is 0 Å². The van der Waals surface area contributed by atoms with Crippen molar-refractivity contribution < 1.29 is 18.0 Å². The Kier molecular flexibility index (Phi) is 5.24. The van der Waals surface area contributed by atoms with E-state index in [2.05, 4.69) is 6.92 Å². The van der Waals surface area contributed by atoms with E-state index in [0.29, 0.717) is 5.56 Å². The highest BCUT2D eigenvalue weighted by Crippen LogP contribution is 2.33. The van der Waals surface area contributed by atoms with Crippen molar-refractivity contribution >= 4 is 5.78 Å². The Morgan fingerprint density at radius 1 is 1.04 bits per heavy atom. The number of halogens is 3. The highest BCUT2D eigenvalue weighted by molar-refractivity contribution is 5.87. The van der Waals surface area contributed by atoms with E-state index in [9.17, 15) is 18.0 Å². The number of rotatable bonds is 5. The van der Waals surface area contributed by atoms with Gasteiger partial charge in [0, 0.05) is 0 Å². The Balaban J connectivity index is 2.47. The quantitative estimate of drug-likeness (QED) is 0.723. The molecule has 0 radical (unpaired) electrons. The lowest BCUT2D eigenvalue weighted by molar-refractivity contribution is -0.137. The van der Waals surface area contributed by atoms with Crippen molar-refractivity contribution in [3.05, 3.63) is 70.8 Å². The molecule has 0 heterocycles. The average Bonchev–Trinajstić information content (AvgIpc) is 2.47. The summed E-state index contributed by atoms with van der Waals surface area (Å²) in [5.41, 5.74) is 1.47. The van der Waals surface area contributed by atoms with Crippen LogP contribution in [0.15, 0.2) is 48.5 Å². The minimum Gasteiger partial charge on any atom is -0.299 e. The number of hydrogen-bond donors (Lipinski definition) is 0. The third-order valence-corrected chi connectivity index (χ3v) is 3.78. The summed E-state index contributed by atoms with van der Waals surface area (Å²) < 4.78 is 38.7. The molecule has 0 spiro atoms. The predicted molar refractivity (Wildman–Crippen MR) is 84.4 cm³/mol. The number of Topliss-reactive ketones (excluding diaryl/α,β-unsaturated/α-hetero) is 1. The summed E-state index contributed by atoms with van der Waals surface area (Å²) in [6.45, 7) is 3.47. The van der Waals surface area contributed by atoms with E-state index in [-0.39, 0.29) is 5.78 Å². The van der Waals surface area contributed by atoms with Crippen LogP contribution in [0.3, 0.4) is 0 Å². The molecule has 1 atom stereocenters. The number of hydrogen-bond acceptors (Lipinski definition) is 1. The molecule has 122 valence electrons. The third kappa shape index (κ3) is 4.21. The van der Waals surface area contributed by atoms with Gasteiger partial charge >= 0.3 is 6.18 Å². The maximum absolute atomic E-state index is 12.9. The van der Waals surface area contributed by atoms with Crippen molar-refractivity contribution in [1.29, 1.82) is 0 Å². The Bertz CT molecular complexity index is 689. The van der Waals surface area contributed by atoms with Crippen LogP contribution in [0.4, 0.5) is 13.2 Å². The summed E-state index contributed by atoms with van der Waals surface area (Å²) in [5.74, 6) is -0.841. The number of carbonyl (C=O) groups excluding carboxylic acids is 1. The maximum atomic E-state index is 12.9. The first-order valence-corrected chi connectivity index (χ1v) is 7.59. The van der Waals surface area contributed by atoms with Crippen LogP contribution in [0.25, 0.3) is 0 Å². The molecule has 4 heteroatoms. The van der Waals surface area contributed by atoms with Crippen molar-refractivity contribution in [2.24, 2.45) is 0 Å². The molecule has 0 fully saturated rings. The largest absolute Gasteiger partial charge is 0.416 e. The van der Waals surface area contributed by atoms with E-state index in [4.69, 9.17) is 0 Å². The Hall–Kier alpha value is -2.10. The van der Waals surface area contributed by atoms with Gasteiger partial charge in [-0.3, -0.25) is 4.79 Å². The SMILES string of the molecule is CCCc1cccc(C(C(C)=O)c2cccc(C(F)(F)F)c2)c1. The lowest BCUT2D eigenvalue weighted by Gasteiger charge is -2.17. The molecule has 0 aliphatic heterocycles. The van der Waals surface area contributed by atoms with E-state index in [1.807, 2.05) is 18.2 Å². The minimum absolute atomic E-state index is 0.169. The van der Waals surface area contributed by atoms with Crippen LogP contribution < -0.4 is 0 Å². The lowest BCUT2D eigenvalue weighted by atomic mass is 9.86. The van der Waals surface area contributed by atoms with E-state index in [1.165, 1.54) is 13.0 Å². The second kappa shape index (κ2) is 6.99. The fraction of sp³-hybridized carbons (Fsp3) is 0.316. The Morgan fingerprint density at radius 2 is 1.65 bits per heavy atom. The second-order valence-electron chi connectivity index (χ2n) is 5.66. The summed E-state index contributed by atoms with van der Waals surface area (Å²) in [4.78, 5) is 12.1. The van der Waals surface area contributed by atoms with Crippen LogP contribution in [-0.2, 0) is 17.4 Å². The molecule has 1 nitrogen and oxygen atoms in total. The van der Waals surface area contributed by atoms with Crippen molar-refractivity contribution in [3.8, 4) is 0 Å². The van der Waals surface area contributed by atoms with Gasteiger partial charge in [-0.1, -0.05) is 55.8 Å². The first kappa shape index (κ1) is 17.3. The molecule has 0 aliphatic rings. The fourth-order valence-electron chi connectivity index (χ4n) is 2.77. The number of alkyl halides is 3. The van der Waals surface area contributed by atoms with Crippen molar-refractivity contribution in [2.45, 2.75) is 38.8 Å². The molecule has 0 N–H and O–H groups in total. The molecule has 2 rings (SSSR count). The molecule has 0 aromatic heterocycles. The van der Waals surface area contributed by atoms with E-state index in [1.54, 1.807) is 12.1 Å². The molecule has 0 bridgehead atoms. The molecule has 0 saturated carbocycles. The van der Waals surface area contributed by atoms with Crippen molar-refractivity contribution in [1.82, 2.24) is 0 Å². The molecule has 0 amide bonds. The van der Waals surface area contributed by atoms with Crippen LogP contribution >= 0.6 is 0 Å². The maximum Gasteiger partial charge on any atom is 0.416 e. The van der Waals surface area contributed by atoms with Crippen molar-refractivity contribution in [2.75, 3.05) is 0 Å². The monoisotopic (exact) mass is 320 g/mol. The van der Waals surface area contributed by atoms with Crippen LogP contribution in [0.2, 0.25) is 0 Å². The molecule has 1 unspecified atom stereocenters.